The van der Waals surface area contributed by atoms with Crippen molar-refractivity contribution in [3.63, 3.8) is 0 Å². The second-order valence-electron chi connectivity index (χ2n) is 21.4. The third-order valence-electron chi connectivity index (χ3n) is 16.7. The van der Waals surface area contributed by atoms with Crippen LogP contribution in [-0.2, 0) is 0 Å². The van der Waals surface area contributed by atoms with Gasteiger partial charge in [0.1, 0.15) is 0 Å². The van der Waals surface area contributed by atoms with Gasteiger partial charge < -0.3 is 9.80 Å². The Kier molecular flexibility index (Phi) is 11.4. The van der Waals surface area contributed by atoms with Crippen LogP contribution >= 0.6 is 22.7 Å². The fraction of sp³-hybridized carbons (Fsp3) is 0.0667. The molecule has 2 aromatic heterocycles. The largest absolute Gasteiger partial charge is 0.312 e. The number of para-hydroxylation sites is 2. The normalized spacial score (nSPS) is 15.7. The van der Waals surface area contributed by atoms with Gasteiger partial charge in [-0.2, -0.15) is 0 Å². The molecule has 2 aliphatic rings. The minimum Gasteiger partial charge on any atom is -0.312 e. The molecule has 2 aliphatic carbocycles. The van der Waals surface area contributed by atoms with Crippen LogP contribution in [0.2, 0.25) is 0 Å². The maximum absolute atomic E-state index is 2.64. The van der Waals surface area contributed by atoms with Gasteiger partial charge in [0, 0.05) is 90.8 Å². The van der Waals surface area contributed by atoms with Crippen molar-refractivity contribution in [2.45, 2.75) is 20.3 Å². The van der Waals surface area contributed by atoms with Gasteiger partial charge in [0.25, 0.3) is 0 Å². The highest BCUT2D eigenvalue weighted by Crippen LogP contribution is 2.67. The number of aryl methyl sites for hydroxylation is 1. The summed E-state index contributed by atoms with van der Waals surface area (Å²) in [7, 11) is 0. The summed E-state index contributed by atoms with van der Waals surface area (Å²) in [6, 6.07) is 96.6. The summed E-state index contributed by atoms with van der Waals surface area (Å²) in [5, 5.41) is 5.16. The minimum absolute atomic E-state index is 0.135. The predicted octanol–water partition coefficient (Wildman–Crippen LogP) is 22.0. The fourth-order valence-electron chi connectivity index (χ4n) is 12.7. The molecule has 0 bridgehead atoms. The SMILES string of the molecule is Cc1cc(C2=CC=C(N(c3ccc4sc5ccccc5c4c3)c3c(-c4ccccc4)cccc3-c3ccccc3)C3(C)CC23)ccc1N(c1ccc2sc3ccccc3c2c1)c1c(-c2ccccc2)cccc1-c1ccccc1. The Morgan fingerprint density at radius 2 is 0.785 bits per heavy atom. The van der Waals surface area contributed by atoms with Crippen LogP contribution in [0, 0.1) is 18.3 Å². The standard InChI is InChI=1S/C75H54N2S2/c1-49-45-54(37-41-67(49)76(55-38-42-70-64(46-55)62-29-15-17-35-68(62)78-70)73-58(50-21-7-3-8-22-50)31-19-32-59(73)51-23-9-4-10-24-51)57-40-44-72(75(2)48-66(57)75)77(56-39-43-71-65(47-56)63-30-16-18-36-69(63)79-71)74-60(52-25-11-5-12-26-52)33-20-34-61(74)53-27-13-6-14-28-53/h3-47,66H,48H2,1-2H3. The quantitative estimate of drug-likeness (QED) is 0.127. The summed E-state index contributed by atoms with van der Waals surface area (Å²) in [4.78, 5) is 5.18. The Morgan fingerprint density at radius 1 is 0.367 bits per heavy atom. The second kappa shape index (κ2) is 19.1. The number of nitrogens with zero attached hydrogens (tertiary/aromatic N) is 2. The van der Waals surface area contributed by atoms with Gasteiger partial charge in [0.05, 0.1) is 11.4 Å². The van der Waals surface area contributed by atoms with Gasteiger partial charge in [-0.15, -0.1) is 22.7 Å². The number of fused-ring (bicyclic) bond motifs is 7. The molecule has 1 saturated carbocycles. The zero-order valence-electron chi connectivity index (χ0n) is 44.0. The summed E-state index contributed by atoms with van der Waals surface area (Å²) < 4.78 is 5.21. The molecule has 79 heavy (non-hydrogen) atoms. The molecule has 0 amide bonds. The molecular weight excluding hydrogens is 993 g/mol. The maximum atomic E-state index is 2.64. The average Bonchev–Trinajstić information content (AvgIpc) is 3.10. The van der Waals surface area contributed by atoms with Crippen molar-refractivity contribution in [3.05, 3.63) is 290 Å². The van der Waals surface area contributed by atoms with E-state index >= 15 is 0 Å². The lowest BCUT2D eigenvalue weighted by atomic mass is 9.85. The van der Waals surface area contributed by atoms with Crippen molar-refractivity contribution in [3.8, 4) is 44.5 Å². The lowest BCUT2D eigenvalue weighted by Crippen LogP contribution is -2.26. The first-order chi connectivity index (χ1) is 39.0. The Bertz CT molecular complexity index is 4440. The highest BCUT2D eigenvalue weighted by molar-refractivity contribution is 7.26. The van der Waals surface area contributed by atoms with E-state index in [0.29, 0.717) is 5.92 Å². The molecule has 11 aromatic carbocycles. The summed E-state index contributed by atoms with van der Waals surface area (Å²) >= 11 is 3.74. The van der Waals surface area contributed by atoms with E-state index in [4.69, 9.17) is 0 Å². The molecule has 1 fully saturated rings. The van der Waals surface area contributed by atoms with Crippen molar-refractivity contribution in [1.29, 1.82) is 0 Å². The van der Waals surface area contributed by atoms with Crippen molar-refractivity contribution in [2.75, 3.05) is 9.80 Å². The molecule has 13 aromatic rings. The topological polar surface area (TPSA) is 6.48 Å². The van der Waals surface area contributed by atoms with Crippen LogP contribution < -0.4 is 9.80 Å². The first kappa shape index (κ1) is 47.2. The lowest BCUT2D eigenvalue weighted by molar-refractivity contribution is 0.630. The van der Waals surface area contributed by atoms with E-state index < -0.39 is 0 Å². The van der Waals surface area contributed by atoms with E-state index in [1.54, 1.807) is 0 Å². The fourth-order valence-corrected chi connectivity index (χ4v) is 14.9. The monoisotopic (exact) mass is 1050 g/mol. The number of hydrogen-bond donors (Lipinski definition) is 0. The summed E-state index contributed by atoms with van der Waals surface area (Å²) in [6.07, 6.45) is 5.96. The molecule has 2 atom stereocenters. The molecule has 0 radical (unpaired) electrons. The van der Waals surface area contributed by atoms with Crippen LogP contribution in [0.5, 0.6) is 0 Å². The van der Waals surface area contributed by atoms with E-state index in [0.717, 1.165) is 23.5 Å². The number of allylic oxidation sites excluding steroid dienone is 4. The van der Waals surface area contributed by atoms with Crippen LogP contribution in [0.25, 0.3) is 90.4 Å². The van der Waals surface area contributed by atoms with E-state index in [-0.39, 0.29) is 5.41 Å². The Balaban J connectivity index is 0.915. The zero-order valence-corrected chi connectivity index (χ0v) is 45.6. The summed E-state index contributed by atoms with van der Waals surface area (Å²) in [5.74, 6) is 0.323. The minimum atomic E-state index is -0.135. The predicted molar refractivity (Wildman–Crippen MR) is 341 cm³/mol. The van der Waals surface area contributed by atoms with Gasteiger partial charge in [-0.1, -0.05) is 213 Å². The molecule has 376 valence electrons. The lowest BCUT2D eigenvalue weighted by Gasteiger charge is -2.37. The van der Waals surface area contributed by atoms with E-state index in [9.17, 15) is 0 Å². The second-order valence-corrected chi connectivity index (χ2v) is 23.6. The third kappa shape index (κ3) is 8.05. The molecule has 2 unspecified atom stereocenters. The van der Waals surface area contributed by atoms with Crippen LogP contribution in [0.1, 0.15) is 24.5 Å². The number of anilines is 5. The van der Waals surface area contributed by atoms with Crippen LogP contribution in [0.4, 0.5) is 28.4 Å². The van der Waals surface area contributed by atoms with Gasteiger partial charge in [-0.05, 0) is 125 Å². The van der Waals surface area contributed by atoms with E-state index in [1.165, 1.54) is 119 Å². The molecular formula is C75H54N2S2. The van der Waals surface area contributed by atoms with Crippen molar-refractivity contribution in [2.24, 2.45) is 11.3 Å². The third-order valence-corrected chi connectivity index (χ3v) is 19.0. The molecule has 0 saturated heterocycles. The molecule has 2 heterocycles. The first-order valence-corrected chi connectivity index (χ1v) is 29.0. The van der Waals surface area contributed by atoms with Crippen LogP contribution in [0.3, 0.4) is 0 Å². The number of benzene rings is 11. The first-order valence-electron chi connectivity index (χ1n) is 27.4. The van der Waals surface area contributed by atoms with Crippen molar-refractivity contribution < 1.29 is 0 Å². The average molecular weight is 1050 g/mol. The number of hydrogen-bond acceptors (Lipinski definition) is 4. The molecule has 0 N–H and O–H groups in total. The number of thiophene rings is 2. The molecule has 2 nitrogen and oxygen atoms in total. The molecule has 0 spiro atoms. The summed E-state index contributed by atoms with van der Waals surface area (Å²) in [6.45, 7) is 4.82. The van der Waals surface area contributed by atoms with Crippen molar-refractivity contribution in [1.82, 2.24) is 0 Å². The Hall–Kier alpha value is -9.06. The zero-order chi connectivity index (χ0) is 52.6. The Labute approximate surface area is 469 Å². The molecule has 0 aliphatic heterocycles. The van der Waals surface area contributed by atoms with Gasteiger partial charge in [0.15, 0.2) is 0 Å². The van der Waals surface area contributed by atoms with Gasteiger partial charge in [0.2, 0.25) is 0 Å². The van der Waals surface area contributed by atoms with Crippen LogP contribution in [0.15, 0.2) is 279 Å². The number of rotatable bonds is 11. The molecule has 4 heteroatoms. The Morgan fingerprint density at radius 3 is 1.25 bits per heavy atom. The van der Waals surface area contributed by atoms with Gasteiger partial charge >= 0.3 is 0 Å². The summed E-state index contributed by atoms with van der Waals surface area (Å²) in [5.41, 5.74) is 20.4. The van der Waals surface area contributed by atoms with Crippen LogP contribution in [-0.4, -0.2) is 0 Å². The highest BCUT2D eigenvalue weighted by Gasteiger charge is 2.58. The van der Waals surface area contributed by atoms with E-state index in [2.05, 4.69) is 297 Å². The smallest absolute Gasteiger partial charge is 0.0618 e. The maximum Gasteiger partial charge on any atom is 0.0618 e. The van der Waals surface area contributed by atoms with Gasteiger partial charge in [-0.3, -0.25) is 0 Å². The molecule has 15 rings (SSSR count). The van der Waals surface area contributed by atoms with E-state index in [1.807, 2.05) is 22.7 Å². The van der Waals surface area contributed by atoms with Gasteiger partial charge in [-0.25, -0.2) is 0 Å². The van der Waals surface area contributed by atoms with Crippen molar-refractivity contribution >= 4 is 97.0 Å². The highest BCUT2D eigenvalue weighted by atomic mass is 32.1.